The highest BCUT2D eigenvalue weighted by Crippen LogP contribution is 2.31. The van der Waals surface area contributed by atoms with Crippen molar-refractivity contribution in [3.63, 3.8) is 0 Å². The molecule has 0 unspecified atom stereocenters. The molecule has 3 aromatic heterocycles. The maximum absolute atomic E-state index is 10.9. The lowest BCUT2D eigenvalue weighted by molar-refractivity contribution is -0.105. The number of anilines is 3. The van der Waals surface area contributed by atoms with E-state index in [0.717, 1.165) is 75.8 Å². The molecule has 9 heteroatoms. The van der Waals surface area contributed by atoms with Crippen LogP contribution < -0.4 is 21.3 Å². The van der Waals surface area contributed by atoms with Crippen LogP contribution in [-0.2, 0) is 11.3 Å². The van der Waals surface area contributed by atoms with Gasteiger partial charge in [-0.15, -0.1) is 0 Å². The van der Waals surface area contributed by atoms with E-state index in [-0.39, 0.29) is 0 Å². The molecule has 1 amide bonds. The van der Waals surface area contributed by atoms with Crippen LogP contribution in [0.3, 0.4) is 0 Å². The third kappa shape index (κ3) is 5.71. The highest BCUT2D eigenvalue weighted by molar-refractivity contribution is 5.97. The molecule has 210 valence electrons. The molecule has 0 saturated carbocycles. The van der Waals surface area contributed by atoms with Crippen LogP contribution in [0.5, 0.6) is 0 Å². The number of rotatable bonds is 10. The minimum Gasteiger partial charge on any atom is -0.370 e. The predicted octanol–water partition coefficient (Wildman–Crippen LogP) is 5.66. The summed E-state index contributed by atoms with van der Waals surface area (Å²) in [6.07, 6.45) is 6.79. The number of carbonyl (C=O) groups is 1. The van der Waals surface area contributed by atoms with Gasteiger partial charge in [-0.3, -0.25) is 9.78 Å². The van der Waals surface area contributed by atoms with Crippen LogP contribution in [-0.4, -0.2) is 45.6 Å². The minimum atomic E-state index is 0.313. The zero-order valence-corrected chi connectivity index (χ0v) is 23.5. The second-order valence-electron chi connectivity index (χ2n) is 11.0. The van der Waals surface area contributed by atoms with Gasteiger partial charge in [0, 0.05) is 47.6 Å². The summed E-state index contributed by atoms with van der Waals surface area (Å²) >= 11 is 0. The highest BCUT2D eigenvalue weighted by Gasteiger charge is 2.17. The molecule has 41 heavy (non-hydrogen) atoms. The number of piperidine rings is 1. The van der Waals surface area contributed by atoms with Crippen molar-refractivity contribution < 1.29 is 4.79 Å². The van der Waals surface area contributed by atoms with Gasteiger partial charge in [-0.2, -0.15) is 9.61 Å². The van der Waals surface area contributed by atoms with Crippen molar-refractivity contribution in [3.8, 4) is 11.3 Å². The molecule has 5 aromatic rings. The highest BCUT2D eigenvalue weighted by atomic mass is 16.1. The molecular weight excluding hydrogens is 512 g/mol. The fourth-order valence-electron chi connectivity index (χ4n) is 5.58. The quantitative estimate of drug-likeness (QED) is 0.167. The van der Waals surface area contributed by atoms with Crippen LogP contribution in [0, 0.1) is 5.92 Å². The van der Waals surface area contributed by atoms with E-state index in [9.17, 15) is 4.79 Å². The van der Waals surface area contributed by atoms with Gasteiger partial charge in [0.15, 0.2) is 5.65 Å². The largest absolute Gasteiger partial charge is 0.370 e. The van der Waals surface area contributed by atoms with Gasteiger partial charge in [0.2, 0.25) is 6.41 Å². The fraction of sp³-hybridized carbons (Fsp3) is 0.312. The first-order chi connectivity index (χ1) is 20.1. The number of hydrogen-bond acceptors (Lipinski definition) is 7. The number of fused-ring (bicyclic) bond motifs is 2. The van der Waals surface area contributed by atoms with Gasteiger partial charge in [0.05, 0.1) is 11.9 Å². The van der Waals surface area contributed by atoms with Crippen LogP contribution in [0.1, 0.15) is 43.7 Å². The molecule has 0 spiro atoms. The number of pyridine rings is 1. The zero-order valence-electron chi connectivity index (χ0n) is 23.5. The summed E-state index contributed by atoms with van der Waals surface area (Å²) in [4.78, 5) is 20.7. The van der Waals surface area contributed by atoms with Crippen molar-refractivity contribution in [3.05, 3.63) is 78.1 Å². The third-order valence-electron chi connectivity index (χ3n) is 7.87. The molecule has 9 nitrogen and oxygen atoms in total. The molecule has 1 saturated heterocycles. The second-order valence-corrected chi connectivity index (χ2v) is 11.0. The van der Waals surface area contributed by atoms with Crippen LogP contribution in [0.2, 0.25) is 0 Å². The van der Waals surface area contributed by atoms with Crippen LogP contribution in [0.15, 0.2) is 67.0 Å². The fourth-order valence-corrected chi connectivity index (χ4v) is 5.58. The molecular formula is C32H36N8O. The molecule has 1 fully saturated rings. The van der Waals surface area contributed by atoms with Gasteiger partial charge in [0.1, 0.15) is 11.6 Å². The Kier molecular flexibility index (Phi) is 7.78. The Balaban J connectivity index is 1.31. The van der Waals surface area contributed by atoms with E-state index in [1.54, 1.807) is 0 Å². The lowest BCUT2D eigenvalue weighted by Crippen LogP contribution is -2.31. The number of aromatic nitrogens is 4. The number of hydrogen-bond donors (Lipinski definition) is 4. The Bertz CT molecular complexity index is 1670. The van der Waals surface area contributed by atoms with Crippen molar-refractivity contribution in [1.82, 2.24) is 24.9 Å². The van der Waals surface area contributed by atoms with E-state index in [2.05, 4.69) is 59.4 Å². The molecule has 0 aliphatic carbocycles. The van der Waals surface area contributed by atoms with Crippen molar-refractivity contribution in [2.24, 2.45) is 5.92 Å². The maximum atomic E-state index is 10.9. The normalized spacial score (nSPS) is 14.0. The molecule has 0 atom stereocenters. The predicted molar refractivity (Wildman–Crippen MR) is 165 cm³/mol. The monoisotopic (exact) mass is 548 g/mol. The van der Waals surface area contributed by atoms with Gasteiger partial charge in [-0.05, 0) is 66.9 Å². The number of nitrogens with zero attached hydrogens (tertiary/aromatic N) is 4. The van der Waals surface area contributed by atoms with Crippen molar-refractivity contribution >= 4 is 40.2 Å². The van der Waals surface area contributed by atoms with E-state index in [4.69, 9.17) is 15.1 Å². The second kappa shape index (κ2) is 11.9. The van der Waals surface area contributed by atoms with Gasteiger partial charge in [0.25, 0.3) is 0 Å². The molecule has 1 aliphatic heterocycles. The first-order valence-electron chi connectivity index (χ1n) is 14.3. The smallest absolute Gasteiger partial charge is 0.211 e. The van der Waals surface area contributed by atoms with Crippen LogP contribution >= 0.6 is 0 Å². The topological polar surface area (TPSA) is 108 Å². The number of amides is 1. The number of carbonyl (C=O) groups excluding carboxylic acids is 1. The zero-order chi connectivity index (χ0) is 28.2. The average molecular weight is 549 g/mol. The van der Waals surface area contributed by atoms with Crippen LogP contribution in [0.25, 0.3) is 27.7 Å². The third-order valence-corrected chi connectivity index (χ3v) is 7.87. The average Bonchev–Trinajstić information content (AvgIpc) is 3.44. The summed E-state index contributed by atoms with van der Waals surface area (Å²) in [6, 6.07) is 18.2. The van der Waals surface area contributed by atoms with Gasteiger partial charge in [-0.25, -0.2) is 4.98 Å². The summed E-state index contributed by atoms with van der Waals surface area (Å²) in [5, 5.41) is 20.2. The molecule has 1 aliphatic rings. The number of nitrogens with one attached hydrogen (secondary N) is 4. The first-order valence-corrected chi connectivity index (χ1v) is 14.3. The molecule has 4 heterocycles. The summed E-state index contributed by atoms with van der Waals surface area (Å²) in [7, 11) is 0. The molecule has 2 aromatic carbocycles. The van der Waals surface area contributed by atoms with Crippen molar-refractivity contribution in [2.75, 3.05) is 35.6 Å². The Morgan fingerprint density at radius 1 is 1.07 bits per heavy atom. The Morgan fingerprint density at radius 3 is 2.76 bits per heavy atom. The van der Waals surface area contributed by atoms with E-state index in [1.165, 1.54) is 12.8 Å². The van der Waals surface area contributed by atoms with E-state index < -0.39 is 0 Å². The lowest BCUT2D eigenvalue weighted by Gasteiger charge is -2.23. The van der Waals surface area contributed by atoms with Gasteiger partial charge >= 0.3 is 0 Å². The lowest BCUT2D eigenvalue weighted by atomic mass is 9.98. The van der Waals surface area contributed by atoms with Crippen LogP contribution in [0.4, 0.5) is 17.3 Å². The molecule has 6 rings (SSSR count). The molecule has 0 bridgehead atoms. The SMILES string of the molecule is CC(C)c1cnn2c(NCc3ccccc3-c3nccc4cc(NC=O)ccc34)cc(NCC3CCNCC3)nc12. The van der Waals surface area contributed by atoms with E-state index >= 15 is 0 Å². The number of benzene rings is 2. The summed E-state index contributed by atoms with van der Waals surface area (Å²) in [5.74, 6) is 2.71. The van der Waals surface area contributed by atoms with Gasteiger partial charge in [-0.1, -0.05) is 44.2 Å². The standard InChI is InChI=1S/C32H36N8O/c1-21(2)28-19-38-40-30(16-29(39-32(28)40)35-17-22-9-12-33-13-10-22)36-18-24-5-3-4-6-26(24)31-27-8-7-25(37-20-41)15-23(27)11-14-34-31/h3-8,11,14-16,19-22,33,36H,9-10,12-13,17-18H2,1-2H3,(H,35,39)(H,37,41). The summed E-state index contributed by atoms with van der Waals surface area (Å²) in [5.41, 5.74) is 5.84. The summed E-state index contributed by atoms with van der Waals surface area (Å²) < 4.78 is 1.91. The summed E-state index contributed by atoms with van der Waals surface area (Å²) in [6.45, 7) is 8.00. The Labute approximate surface area is 239 Å². The minimum absolute atomic E-state index is 0.313. The van der Waals surface area contributed by atoms with Gasteiger partial charge < -0.3 is 21.3 Å². The molecule has 0 radical (unpaired) electrons. The van der Waals surface area contributed by atoms with Crippen molar-refractivity contribution in [2.45, 2.75) is 39.2 Å². The first kappa shape index (κ1) is 26.7. The maximum Gasteiger partial charge on any atom is 0.211 e. The van der Waals surface area contributed by atoms with E-state index in [1.807, 2.05) is 47.2 Å². The van der Waals surface area contributed by atoms with Crippen molar-refractivity contribution in [1.29, 1.82) is 0 Å². The Morgan fingerprint density at radius 2 is 1.93 bits per heavy atom. The van der Waals surface area contributed by atoms with E-state index in [0.29, 0.717) is 24.8 Å². The molecule has 4 N–H and O–H groups in total. The Hall–Kier alpha value is -4.50.